The van der Waals surface area contributed by atoms with Crippen LogP contribution < -0.4 is 5.32 Å². The number of piperidine rings is 1. The van der Waals surface area contributed by atoms with E-state index in [1.54, 1.807) is 0 Å². The van der Waals surface area contributed by atoms with Crippen LogP contribution in [0.1, 0.15) is 43.3 Å². The Balaban J connectivity index is 1.86. The van der Waals surface area contributed by atoms with Gasteiger partial charge in [0, 0.05) is 18.8 Å². The van der Waals surface area contributed by atoms with Gasteiger partial charge < -0.3 is 9.84 Å². The van der Waals surface area contributed by atoms with E-state index in [1.165, 1.54) is 0 Å². The summed E-state index contributed by atoms with van der Waals surface area (Å²) < 4.78 is 70.8. The second kappa shape index (κ2) is 4.62. The molecule has 0 unspecified atom stereocenters. The lowest BCUT2D eigenvalue weighted by molar-refractivity contribution is -0.204. The molecule has 1 aliphatic heterocycles. The minimum atomic E-state index is -4.51. The fourth-order valence-corrected chi connectivity index (χ4v) is 2.91. The van der Waals surface area contributed by atoms with Crippen LogP contribution in [0.5, 0.6) is 0 Å². The number of aromatic nitrogens is 2. The molecule has 4 nitrogen and oxygen atoms in total. The molecule has 0 spiro atoms. The third kappa shape index (κ3) is 2.41. The maximum absolute atomic E-state index is 13.4. The number of nitrogens with one attached hydrogen (secondary N) is 1. The molecule has 2 aliphatic rings. The van der Waals surface area contributed by atoms with Gasteiger partial charge >= 0.3 is 6.18 Å². The van der Waals surface area contributed by atoms with Gasteiger partial charge in [0.05, 0.1) is 0 Å². The lowest BCUT2D eigenvalue weighted by atomic mass is 9.77. The molecular formula is C12H14F5N3O. The van der Waals surface area contributed by atoms with Crippen molar-refractivity contribution in [2.24, 2.45) is 0 Å². The number of halogens is 5. The number of hydrogen-bond acceptors (Lipinski definition) is 4. The lowest BCUT2D eigenvalue weighted by Gasteiger charge is -2.36. The zero-order chi connectivity index (χ0) is 15.3. The highest BCUT2D eigenvalue weighted by atomic mass is 19.4. The predicted molar refractivity (Wildman–Crippen MR) is 61.1 cm³/mol. The van der Waals surface area contributed by atoms with E-state index in [2.05, 4.69) is 15.5 Å². The van der Waals surface area contributed by atoms with Crippen molar-refractivity contribution in [3.05, 3.63) is 11.7 Å². The van der Waals surface area contributed by atoms with Gasteiger partial charge in [0.1, 0.15) is 5.41 Å². The summed E-state index contributed by atoms with van der Waals surface area (Å²) >= 11 is 0. The van der Waals surface area contributed by atoms with Crippen LogP contribution in [0.25, 0.3) is 0 Å². The van der Waals surface area contributed by atoms with E-state index in [9.17, 15) is 22.0 Å². The summed E-state index contributed by atoms with van der Waals surface area (Å²) in [5.41, 5.74) is -2.17. The molecule has 1 N–H and O–H groups in total. The highest BCUT2D eigenvalue weighted by molar-refractivity contribution is 5.15. The molecule has 1 aromatic rings. The highest BCUT2D eigenvalue weighted by Crippen LogP contribution is 2.50. The topological polar surface area (TPSA) is 51.0 Å². The summed E-state index contributed by atoms with van der Waals surface area (Å²) in [6.45, 7) is 0.386. The van der Waals surface area contributed by atoms with Crippen LogP contribution in [0.2, 0.25) is 0 Å². The number of rotatable bonds is 2. The van der Waals surface area contributed by atoms with Crippen molar-refractivity contribution in [2.75, 3.05) is 13.1 Å². The van der Waals surface area contributed by atoms with Crippen molar-refractivity contribution in [1.29, 1.82) is 0 Å². The maximum Gasteiger partial charge on any atom is 0.403 e. The van der Waals surface area contributed by atoms with Gasteiger partial charge in [-0.25, -0.2) is 8.78 Å². The molecule has 1 aliphatic carbocycles. The van der Waals surface area contributed by atoms with Gasteiger partial charge in [-0.15, -0.1) is 0 Å². The molecule has 3 rings (SSSR count). The molecule has 1 saturated carbocycles. The van der Waals surface area contributed by atoms with Crippen molar-refractivity contribution in [3.63, 3.8) is 0 Å². The lowest BCUT2D eigenvalue weighted by Crippen LogP contribution is -2.50. The molecular weight excluding hydrogens is 297 g/mol. The third-order valence-corrected chi connectivity index (χ3v) is 4.31. The molecule has 0 bridgehead atoms. The van der Waals surface area contributed by atoms with Gasteiger partial charge in [-0.3, -0.25) is 0 Å². The maximum atomic E-state index is 13.4. The third-order valence-electron chi connectivity index (χ3n) is 4.31. The molecule has 0 aromatic carbocycles. The Morgan fingerprint density at radius 2 is 1.76 bits per heavy atom. The predicted octanol–water partition coefficient (Wildman–Crippen LogP) is 2.77. The molecule has 118 valence electrons. The number of alkyl halides is 5. The average molecular weight is 311 g/mol. The summed E-state index contributed by atoms with van der Waals surface area (Å²) in [5, 5.41) is 6.35. The van der Waals surface area contributed by atoms with E-state index < -0.39 is 42.2 Å². The molecule has 0 radical (unpaired) electrons. The monoisotopic (exact) mass is 311 g/mol. The van der Waals surface area contributed by atoms with E-state index in [0.29, 0.717) is 0 Å². The van der Waals surface area contributed by atoms with Gasteiger partial charge in [0.15, 0.2) is 5.82 Å². The first-order valence-electron chi connectivity index (χ1n) is 6.73. The average Bonchev–Trinajstić information content (AvgIpc) is 2.85. The quantitative estimate of drug-likeness (QED) is 0.853. The standard InChI is InChI=1S/C12H14F5N3O/c13-11(14)5-7(6-11)8-19-9(21-20-8)10(12(15,16)17)1-3-18-4-2-10/h7,18H,1-6H2. The Labute approximate surface area is 117 Å². The second-order valence-electron chi connectivity index (χ2n) is 5.75. The minimum absolute atomic E-state index is 0.0434. The van der Waals surface area contributed by atoms with Gasteiger partial charge in [-0.05, 0) is 25.9 Å². The van der Waals surface area contributed by atoms with Crippen molar-refractivity contribution in [3.8, 4) is 0 Å². The van der Waals surface area contributed by atoms with Crippen LogP contribution in [-0.2, 0) is 5.41 Å². The largest absolute Gasteiger partial charge is 0.403 e. The molecule has 2 fully saturated rings. The van der Waals surface area contributed by atoms with Crippen LogP contribution in [0.4, 0.5) is 22.0 Å². The van der Waals surface area contributed by atoms with Crippen molar-refractivity contribution in [1.82, 2.24) is 15.5 Å². The van der Waals surface area contributed by atoms with E-state index in [1.807, 2.05) is 0 Å². The Bertz CT molecular complexity index is 513. The van der Waals surface area contributed by atoms with Crippen LogP contribution in [0.15, 0.2) is 4.52 Å². The number of hydrogen-bond donors (Lipinski definition) is 1. The van der Waals surface area contributed by atoms with E-state index in [-0.39, 0.29) is 31.8 Å². The fourth-order valence-electron chi connectivity index (χ4n) is 2.91. The van der Waals surface area contributed by atoms with E-state index in [0.717, 1.165) is 0 Å². The molecule has 21 heavy (non-hydrogen) atoms. The first-order chi connectivity index (χ1) is 9.74. The van der Waals surface area contributed by atoms with E-state index >= 15 is 0 Å². The Morgan fingerprint density at radius 1 is 1.14 bits per heavy atom. The zero-order valence-electron chi connectivity index (χ0n) is 11.0. The van der Waals surface area contributed by atoms with Crippen molar-refractivity contribution < 1.29 is 26.5 Å². The van der Waals surface area contributed by atoms with Crippen molar-refractivity contribution in [2.45, 2.75) is 49.1 Å². The summed E-state index contributed by atoms with van der Waals surface area (Å²) in [6, 6.07) is 0. The number of nitrogens with zero attached hydrogens (tertiary/aromatic N) is 2. The SMILES string of the molecule is FC1(F)CC(c2noc(C3(C(F)(F)F)CCNCC3)n2)C1. The Hall–Kier alpha value is -1.25. The van der Waals surface area contributed by atoms with Crippen LogP contribution in [0.3, 0.4) is 0 Å². The van der Waals surface area contributed by atoms with E-state index in [4.69, 9.17) is 4.52 Å². The molecule has 2 heterocycles. The smallest absolute Gasteiger partial charge is 0.338 e. The van der Waals surface area contributed by atoms with Gasteiger partial charge in [0.2, 0.25) is 11.8 Å². The summed E-state index contributed by atoms with van der Waals surface area (Å²) in [6.07, 6.45) is -5.78. The van der Waals surface area contributed by atoms with Gasteiger partial charge in [-0.2, -0.15) is 18.2 Å². The summed E-state index contributed by atoms with van der Waals surface area (Å²) in [5.74, 6) is -3.94. The van der Waals surface area contributed by atoms with Gasteiger partial charge in [-0.1, -0.05) is 5.16 Å². The molecule has 9 heteroatoms. The summed E-state index contributed by atoms with van der Waals surface area (Å²) in [7, 11) is 0. The molecule has 1 saturated heterocycles. The second-order valence-corrected chi connectivity index (χ2v) is 5.75. The minimum Gasteiger partial charge on any atom is -0.338 e. The van der Waals surface area contributed by atoms with Gasteiger partial charge in [0.25, 0.3) is 0 Å². The molecule has 0 amide bonds. The molecule has 0 atom stereocenters. The van der Waals surface area contributed by atoms with Crippen LogP contribution in [-0.4, -0.2) is 35.3 Å². The highest BCUT2D eigenvalue weighted by Gasteiger charge is 2.60. The first kappa shape index (κ1) is 14.7. The van der Waals surface area contributed by atoms with Crippen molar-refractivity contribution >= 4 is 0 Å². The molecule has 1 aromatic heterocycles. The first-order valence-corrected chi connectivity index (χ1v) is 6.73. The normalized spacial score (nSPS) is 25.6. The fraction of sp³-hybridized carbons (Fsp3) is 0.833. The van der Waals surface area contributed by atoms with Crippen LogP contribution >= 0.6 is 0 Å². The zero-order valence-corrected chi connectivity index (χ0v) is 11.0. The Morgan fingerprint density at radius 3 is 2.29 bits per heavy atom. The Kier molecular flexibility index (Phi) is 3.23. The summed E-state index contributed by atoms with van der Waals surface area (Å²) in [4.78, 5) is 3.80. The van der Waals surface area contributed by atoms with Crippen LogP contribution in [0, 0.1) is 0 Å².